The Morgan fingerprint density at radius 1 is 1.12 bits per heavy atom. The van der Waals surface area contributed by atoms with Crippen LogP contribution < -0.4 is 5.32 Å². The molecule has 0 aliphatic heterocycles. The third kappa shape index (κ3) is 3.22. The normalized spacial score (nSPS) is 16.0. The molecule has 0 saturated heterocycles. The van der Waals surface area contributed by atoms with Crippen molar-refractivity contribution >= 4 is 5.91 Å². The van der Waals surface area contributed by atoms with Crippen LogP contribution in [0.25, 0.3) is 0 Å². The summed E-state index contributed by atoms with van der Waals surface area (Å²) in [5.74, 6) is 0.913. The zero-order chi connectivity index (χ0) is 17.1. The molecule has 2 aromatic heterocycles. The molecule has 1 aromatic carbocycles. The van der Waals surface area contributed by atoms with Crippen LogP contribution in [0.15, 0.2) is 65.3 Å². The Kier molecular flexibility index (Phi) is 4.14. The summed E-state index contributed by atoms with van der Waals surface area (Å²) in [5, 5.41) is 7.40. The summed E-state index contributed by atoms with van der Waals surface area (Å²) >= 11 is 0. The Morgan fingerprint density at radius 3 is 2.64 bits per heavy atom. The van der Waals surface area contributed by atoms with Gasteiger partial charge in [-0.15, -0.1) is 0 Å². The molecule has 1 fully saturated rings. The van der Waals surface area contributed by atoms with Crippen LogP contribution in [0.5, 0.6) is 0 Å². The molecular formula is C20H21N3O2. The molecule has 1 aliphatic rings. The first-order chi connectivity index (χ1) is 12.3. The van der Waals surface area contributed by atoms with Gasteiger partial charge in [0.05, 0.1) is 12.1 Å². The van der Waals surface area contributed by atoms with Crippen LogP contribution in [0.3, 0.4) is 0 Å². The number of rotatable bonds is 5. The predicted octanol–water partition coefficient (Wildman–Crippen LogP) is 3.72. The van der Waals surface area contributed by atoms with Crippen molar-refractivity contribution in [2.24, 2.45) is 0 Å². The summed E-state index contributed by atoms with van der Waals surface area (Å²) in [5.41, 5.74) is 0.886. The van der Waals surface area contributed by atoms with E-state index in [1.165, 1.54) is 5.56 Å². The van der Waals surface area contributed by atoms with Crippen molar-refractivity contribution in [1.82, 2.24) is 15.1 Å². The molecule has 1 aliphatic carbocycles. The van der Waals surface area contributed by atoms with Gasteiger partial charge in [0, 0.05) is 12.4 Å². The zero-order valence-corrected chi connectivity index (χ0v) is 14.0. The van der Waals surface area contributed by atoms with Crippen molar-refractivity contribution in [1.29, 1.82) is 0 Å². The third-order valence-electron chi connectivity index (χ3n) is 4.90. The minimum atomic E-state index is -0.284. The van der Waals surface area contributed by atoms with Gasteiger partial charge in [0.1, 0.15) is 5.76 Å². The van der Waals surface area contributed by atoms with Crippen LogP contribution >= 0.6 is 0 Å². The molecule has 1 N–H and O–H groups in total. The smallest absolute Gasteiger partial charge is 0.287 e. The fraction of sp³-hybridized carbons (Fsp3) is 0.300. The topological polar surface area (TPSA) is 60.1 Å². The van der Waals surface area contributed by atoms with Gasteiger partial charge < -0.3 is 9.73 Å². The minimum Gasteiger partial charge on any atom is -0.454 e. The summed E-state index contributed by atoms with van der Waals surface area (Å²) < 4.78 is 7.50. The van der Waals surface area contributed by atoms with Crippen molar-refractivity contribution in [3.8, 4) is 0 Å². The van der Waals surface area contributed by atoms with Crippen molar-refractivity contribution in [3.63, 3.8) is 0 Å². The SMILES string of the molecule is O=C(NC1(c2ccccc2)CCCC1)c1ccc(Cn2cccn2)o1. The van der Waals surface area contributed by atoms with E-state index in [2.05, 4.69) is 22.5 Å². The van der Waals surface area contributed by atoms with Gasteiger partial charge in [0.2, 0.25) is 0 Å². The molecular weight excluding hydrogens is 314 g/mol. The molecule has 0 bridgehead atoms. The van der Waals surface area contributed by atoms with E-state index in [1.807, 2.05) is 36.5 Å². The number of amides is 1. The van der Waals surface area contributed by atoms with Gasteiger partial charge >= 0.3 is 0 Å². The van der Waals surface area contributed by atoms with Crippen LogP contribution in [0.2, 0.25) is 0 Å². The number of nitrogens with zero attached hydrogens (tertiary/aromatic N) is 2. The van der Waals surface area contributed by atoms with E-state index in [0.717, 1.165) is 25.7 Å². The molecule has 128 valence electrons. The fourth-order valence-corrected chi connectivity index (χ4v) is 3.64. The lowest BCUT2D eigenvalue weighted by Gasteiger charge is -2.30. The van der Waals surface area contributed by atoms with Crippen LogP contribution in [0.1, 0.15) is 47.6 Å². The van der Waals surface area contributed by atoms with Gasteiger partial charge in [0.25, 0.3) is 5.91 Å². The molecule has 25 heavy (non-hydrogen) atoms. The molecule has 0 atom stereocenters. The standard InChI is InChI=1S/C20H21N3O2/c24-19(18-10-9-17(25-18)15-23-14-6-13-21-23)22-20(11-4-5-12-20)16-7-2-1-3-8-16/h1-3,6-10,13-14H,4-5,11-12,15H2,(H,22,24). The number of hydrogen-bond donors (Lipinski definition) is 1. The van der Waals surface area contributed by atoms with Gasteiger partial charge in [-0.2, -0.15) is 5.10 Å². The number of aromatic nitrogens is 2. The van der Waals surface area contributed by atoms with Crippen molar-refractivity contribution < 1.29 is 9.21 Å². The monoisotopic (exact) mass is 335 g/mol. The van der Waals surface area contributed by atoms with Gasteiger partial charge in [-0.3, -0.25) is 9.48 Å². The first kappa shape index (κ1) is 15.7. The molecule has 4 rings (SSSR count). The highest BCUT2D eigenvalue weighted by Gasteiger charge is 2.37. The molecule has 0 unspecified atom stereocenters. The van der Waals surface area contributed by atoms with E-state index < -0.39 is 0 Å². The zero-order valence-electron chi connectivity index (χ0n) is 14.0. The number of carbonyl (C=O) groups is 1. The predicted molar refractivity (Wildman–Crippen MR) is 94.1 cm³/mol. The molecule has 0 radical (unpaired) electrons. The lowest BCUT2D eigenvalue weighted by Crippen LogP contribution is -2.43. The van der Waals surface area contributed by atoms with E-state index >= 15 is 0 Å². The molecule has 5 nitrogen and oxygen atoms in total. The summed E-state index contributed by atoms with van der Waals surface area (Å²) in [6, 6.07) is 15.7. The number of carbonyl (C=O) groups excluding carboxylic acids is 1. The van der Waals surface area contributed by atoms with E-state index in [9.17, 15) is 4.79 Å². The first-order valence-corrected chi connectivity index (χ1v) is 8.69. The number of furan rings is 1. The van der Waals surface area contributed by atoms with Gasteiger partial charge in [0.15, 0.2) is 5.76 Å². The largest absolute Gasteiger partial charge is 0.454 e. The number of benzene rings is 1. The Hall–Kier alpha value is -2.82. The molecule has 1 amide bonds. The molecule has 1 saturated carbocycles. The van der Waals surface area contributed by atoms with E-state index in [4.69, 9.17) is 4.42 Å². The molecule has 2 heterocycles. The highest BCUT2D eigenvalue weighted by atomic mass is 16.4. The Bertz CT molecular complexity index is 831. The van der Waals surface area contributed by atoms with Gasteiger partial charge in [-0.1, -0.05) is 43.2 Å². The maximum Gasteiger partial charge on any atom is 0.287 e. The van der Waals surface area contributed by atoms with Crippen LogP contribution in [-0.2, 0) is 12.1 Å². The van der Waals surface area contributed by atoms with Crippen LogP contribution in [-0.4, -0.2) is 15.7 Å². The lowest BCUT2D eigenvalue weighted by atomic mass is 9.88. The molecule has 5 heteroatoms. The second-order valence-electron chi connectivity index (χ2n) is 6.58. The van der Waals surface area contributed by atoms with Crippen LogP contribution in [0, 0.1) is 0 Å². The summed E-state index contributed by atoms with van der Waals surface area (Å²) in [6.07, 6.45) is 7.76. The average molecular weight is 335 g/mol. The summed E-state index contributed by atoms with van der Waals surface area (Å²) in [4.78, 5) is 12.8. The van der Waals surface area contributed by atoms with Crippen molar-refractivity contribution in [2.45, 2.75) is 37.8 Å². The first-order valence-electron chi connectivity index (χ1n) is 8.69. The van der Waals surface area contributed by atoms with Crippen molar-refractivity contribution in [2.75, 3.05) is 0 Å². The van der Waals surface area contributed by atoms with Crippen LogP contribution in [0.4, 0.5) is 0 Å². The van der Waals surface area contributed by atoms with E-state index in [0.29, 0.717) is 18.1 Å². The minimum absolute atomic E-state index is 0.155. The van der Waals surface area contributed by atoms with E-state index in [-0.39, 0.29) is 11.4 Å². The maximum absolute atomic E-state index is 12.8. The second kappa shape index (κ2) is 6.59. The van der Waals surface area contributed by atoms with E-state index in [1.54, 1.807) is 16.9 Å². The molecule has 0 spiro atoms. The summed E-state index contributed by atoms with van der Waals surface area (Å²) in [7, 11) is 0. The highest BCUT2D eigenvalue weighted by molar-refractivity contribution is 5.92. The Balaban J connectivity index is 1.52. The molecule has 3 aromatic rings. The Labute approximate surface area is 146 Å². The number of hydrogen-bond acceptors (Lipinski definition) is 3. The second-order valence-corrected chi connectivity index (χ2v) is 6.58. The fourth-order valence-electron chi connectivity index (χ4n) is 3.64. The van der Waals surface area contributed by atoms with Crippen molar-refractivity contribution in [3.05, 3.63) is 78.0 Å². The maximum atomic E-state index is 12.8. The quantitative estimate of drug-likeness (QED) is 0.773. The Morgan fingerprint density at radius 2 is 1.92 bits per heavy atom. The number of nitrogens with one attached hydrogen (secondary N) is 1. The van der Waals surface area contributed by atoms with Gasteiger partial charge in [-0.25, -0.2) is 0 Å². The third-order valence-corrected chi connectivity index (χ3v) is 4.90. The van der Waals surface area contributed by atoms with Gasteiger partial charge in [-0.05, 0) is 36.6 Å². The summed E-state index contributed by atoms with van der Waals surface area (Å²) in [6.45, 7) is 0.518. The lowest BCUT2D eigenvalue weighted by molar-refractivity contribution is 0.0867. The average Bonchev–Trinajstić information content (AvgIpc) is 3.38. The highest BCUT2D eigenvalue weighted by Crippen LogP contribution is 2.38.